The predicted molar refractivity (Wildman–Crippen MR) is 109 cm³/mol. The van der Waals surface area contributed by atoms with Gasteiger partial charge in [-0.3, -0.25) is 9.59 Å². The summed E-state index contributed by atoms with van der Waals surface area (Å²) in [7, 11) is -2.87. The van der Waals surface area contributed by atoms with Crippen LogP contribution in [0, 0.1) is 23.3 Å². The second-order valence-electron chi connectivity index (χ2n) is 6.11. The first-order valence-electron chi connectivity index (χ1n) is 10.3. The summed E-state index contributed by atoms with van der Waals surface area (Å²) in [6.45, 7) is 1.91. The second-order valence-corrected chi connectivity index (χ2v) is 7.03. The number of hydrogen-bond donors (Lipinski definition) is 2. The summed E-state index contributed by atoms with van der Waals surface area (Å²) >= 11 is 0.896. The lowest BCUT2D eigenvalue weighted by molar-refractivity contribution is 0.0946. The number of carbonyl (C=O) groups excluding carboxylic acids is 2. The molecular formula is C21H16F4N2O3S. The Hall–Kier alpha value is -3.40. The summed E-state index contributed by atoms with van der Waals surface area (Å²) in [5, 5.41) is 5.64. The molecule has 3 rings (SSSR count). The van der Waals surface area contributed by atoms with Gasteiger partial charge in [0, 0.05) is 6.54 Å². The molecule has 2 N–H and O–H groups in total. The molecule has 1 aromatic heterocycles. The second kappa shape index (κ2) is 9.17. The zero-order valence-electron chi connectivity index (χ0n) is 18.8. The van der Waals surface area contributed by atoms with Crippen molar-refractivity contribution in [3.8, 4) is 16.9 Å². The van der Waals surface area contributed by atoms with Gasteiger partial charge < -0.3 is 15.4 Å². The molecule has 0 aliphatic heterocycles. The molecule has 0 fully saturated rings. The van der Waals surface area contributed by atoms with Gasteiger partial charge in [0.05, 0.1) is 22.3 Å². The Bertz CT molecular complexity index is 1240. The largest absolute Gasteiger partial charge is 0.497 e. The van der Waals surface area contributed by atoms with Gasteiger partial charge in [-0.05, 0) is 36.1 Å². The first kappa shape index (κ1) is 18.4. The van der Waals surface area contributed by atoms with Gasteiger partial charge in [-0.1, -0.05) is 12.1 Å². The van der Waals surface area contributed by atoms with E-state index in [9.17, 15) is 27.2 Å². The molecule has 1 heterocycles. The van der Waals surface area contributed by atoms with Crippen molar-refractivity contribution in [2.24, 2.45) is 0 Å². The fourth-order valence-corrected chi connectivity index (χ4v) is 3.60. The van der Waals surface area contributed by atoms with Crippen LogP contribution in [0.4, 0.5) is 23.2 Å². The van der Waals surface area contributed by atoms with Gasteiger partial charge in [-0.25, -0.2) is 17.6 Å². The minimum atomic E-state index is -2.87. The number of ether oxygens (including phenoxy) is 1. The number of nitrogens with one attached hydrogen (secondary N) is 2. The smallest absolute Gasteiger partial charge is 0.262 e. The zero-order chi connectivity index (χ0) is 25.2. The Morgan fingerprint density at radius 3 is 2.42 bits per heavy atom. The van der Waals surface area contributed by atoms with Gasteiger partial charge in [0.25, 0.3) is 11.8 Å². The first-order chi connectivity index (χ1) is 15.9. The molecule has 0 saturated carbocycles. The van der Waals surface area contributed by atoms with Gasteiger partial charge >= 0.3 is 0 Å². The van der Waals surface area contributed by atoms with Gasteiger partial charge in [-0.15, -0.1) is 11.3 Å². The minimum absolute atomic E-state index is 0.0520. The molecule has 0 aliphatic rings. The summed E-state index contributed by atoms with van der Waals surface area (Å²) in [6, 6.07) is 5.57. The van der Waals surface area contributed by atoms with Crippen molar-refractivity contribution in [1.29, 1.82) is 0 Å². The highest BCUT2D eigenvalue weighted by atomic mass is 32.1. The number of benzene rings is 2. The maximum absolute atomic E-state index is 14.8. The Morgan fingerprint density at radius 1 is 1.06 bits per heavy atom. The Morgan fingerprint density at radius 2 is 1.77 bits per heavy atom. The summed E-state index contributed by atoms with van der Waals surface area (Å²) in [4.78, 5) is 24.5. The lowest BCUT2D eigenvalue weighted by atomic mass is 10.0. The molecular weight excluding hydrogens is 436 g/mol. The zero-order valence-corrected chi connectivity index (χ0v) is 16.6. The number of thiophene rings is 1. The topological polar surface area (TPSA) is 67.4 Å². The molecule has 0 atom stereocenters. The van der Waals surface area contributed by atoms with Crippen LogP contribution in [0.1, 0.15) is 31.1 Å². The van der Waals surface area contributed by atoms with E-state index in [0.29, 0.717) is 0 Å². The van der Waals surface area contributed by atoms with Crippen LogP contribution in [0.2, 0.25) is 0 Å². The third-order valence-corrected chi connectivity index (χ3v) is 5.11. The van der Waals surface area contributed by atoms with Crippen LogP contribution in [0.25, 0.3) is 11.1 Å². The average Bonchev–Trinajstić information content (AvgIpc) is 3.25. The number of amides is 2. The third-order valence-electron chi connectivity index (χ3n) is 4.20. The lowest BCUT2D eigenvalue weighted by Gasteiger charge is -2.14. The van der Waals surface area contributed by atoms with E-state index in [1.807, 2.05) is 0 Å². The van der Waals surface area contributed by atoms with Crippen molar-refractivity contribution in [3.05, 3.63) is 69.4 Å². The quantitative estimate of drug-likeness (QED) is 0.407. The Labute approximate surface area is 182 Å². The molecule has 0 saturated heterocycles. The van der Waals surface area contributed by atoms with E-state index in [2.05, 4.69) is 10.1 Å². The Kier molecular flexibility index (Phi) is 5.44. The molecule has 5 nitrogen and oxygen atoms in total. The molecule has 3 aromatic rings. The highest BCUT2D eigenvalue weighted by Gasteiger charge is 2.29. The molecule has 0 aliphatic carbocycles. The van der Waals surface area contributed by atoms with E-state index in [4.69, 9.17) is 4.11 Å². The van der Waals surface area contributed by atoms with Crippen LogP contribution < -0.4 is 15.4 Å². The number of anilines is 1. The molecule has 0 unspecified atom stereocenters. The maximum atomic E-state index is 14.8. The number of halogens is 4. The average molecular weight is 455 g/mol. The van der Waals surface area contributed by atoms with Crippen molar-refractivity contribution in [2.75, 3.05) is 18.9 Å². The highest BCUT2D eigenvalue weighted by molar-refractivity contribution is 7.12. The Balaban J connectivity index is 2.00. The molecule has 31 heavy (non-hydrogen) atoms. The van der Waals surface area contributed by atoms with Crippen LogP contribution in [0.3, 0.4) is 0 Å². The predicted octanol–water partition coefficient (Wildman–Crippen LogP) is 4.98. The lowest BCUT2D eigenvalue weighted by Crippen LogP contribution is -2.25. The van der Waals surface area contributed by atoms with E-state index < -0.39 is 58.9 Å². The van der Waals surface area contributed by atoms with Crippen molar-refractivity contribution < 1.29 is 36.0 Å². The monoisotopic (exact) mass is 455 g/mol. The first-order valence-corrected chi connectivity index (χ1v) is 9.65. The number of methoxy groups -OCH3 is 1. The summed E-state index contributed by atoms with van der Waals surface area (Å²) < 4.78 is 85.0. The standard InChI is InChI=1S/C21H16F4N2O3S/c1-3-26-21(29)19-12(7-8-31-19)20(28)27-18-16(24)14(22)13(15(23)17(18)25)10-5-4-6-11(9-10)30-2/h4-9H,3H2,1-2H3,(H,26,29)(H,27,28)/i2D3. The molecule has 10 heteroatoms. The fourth-order valence-electron chi connectivity index (χ4n) is 2.80. The van der Waals surface area contributed by atoms with E-state index in [1.54, 1.807) is 12.2 Å². The van der Waals surface area contributed by atoms with Gasteiger partial charge in [0.15, 0.2) is 23.3 Å². The third kappa shape index (κ3) is 4.24. The van der Waals surface area contributed by atoms with Crippen molar-refractivity contribution in [1.82, 2.24) is 5.32 Å². The highest BCUT2D eigenvalue weighted by Crippen LogP contribution is 2.36. The number of hydrogen-bond acceptors (Lipinski definition) is 4. The fraction of sp³-hybridized carbons (Fsp3) is 0.143. The van der Waals surface area contributed by atoms with E-state index in [1.165, 1.54) is 23.6 Å². The van der Waals surface area contributed by atoms with Crippen molar-refractivity contribution in [2.45, 2.75) is 6.92 Å². The van der Waals surface area contributed by atoms with Crippen LogP contribution in [0.15, 0.2) is 35.7 Å². The summed E-state index contributed by atoms with van der Waals surface area (Å²) in [5.74, 6) is -9.50. The van der Waals surface area contributed by atoms with Crippen LogP contribution >= 0.6 is 11.3 Å². The van der Waals surface area contributed by atoms with E-state index >= 15 is 0 Å². The van der Waals surface area contributed by atoms with Gasteiger partial charge in [0.2, 0.25) is 0 Å². The molecule has 0 bridgehead atoms. The maximum Gasteiger partial charge on any atom is 0.262 e. The minimum Gasteiger partial charge on any atom is -0.497 e. The van der Waals surface area contributed by atoms with Crippen molar-refractivity contribution >= 4 is 28.8 Å². The van der Waals surface area contributed by atoms with Crippen LogP contribution in [0.5, 0.6) is 5.75 Å². The SMILES string of the molecule is [2H]C([2H])([2H])Oc1cccc(-c2c(F)c(F)c(NC(=O)c3ccsc3C(=O)NCC)c(F)c2F)c1. The molecule has 0 radical (unpaired) electrons. The number of carbonyl (C=O) groups is 2. The molecule has 2 amide bonds. The van der Waals surface area contributed by atoms with E-state index in [0.717, 1.165) is 23.5 Å². The van der Waals surface area contributed by atoms with Crippen LogP contribution in [-0.2, 0) is 0 Å². The number of rotatable bonds is 6. The van der Waals surface area contributed by atoms with Crippen molar-refractivity contribution in [3.63, 3.8) is 0 Å². The molecule has 2 aromatic carbocycles. The van der Waals surface area contributed by atoms with Gasteiger partial charge in [-0.2, -0.15) is 0 Å². The molecule has 0 spiro atoms. The van der Waals surface area contributed by atoms with Crippen LogP contribution in [-0.4, -0.2) is 25.4 Å². The van der Waals surface area contributed by atoms with Gasteiger partial charge in [0.1, 0.15) is 16.3 Å². The molecule has 162 valence electrons. The van der Waals surface area contributed by atoms with E-state index in [-0.39, 0.29) is 22.7 Å². The summed E-state index contributed by atoms with van der Waals surface area (Å²) in [6.07, 6.45) is 0. The summed E-state index contributed by atoms with van der Waals surface area (Å²) in [5.41, 5.74) is -3.15. The normalized spacial score (nSPS) is 12.5.